The normalized spacial score (nSPS) is 33.4. The molecule has 1 nitrogen and oxygen atoms in total. The van der Waals surface area contributed by atoms with Gasteiger partial charge in [-0.15, -0.1) is 0 Å². The van der Waals surface area contributed by atoms with Crippen LogP contribution in [0.3, 0.4) is 0 Å². The van der Waals surface area contributed by atoms with Gasteiger partial charge in [0.05, 0.1) is 0 Å². The van der Waals surface area contributed by atoms with E-state index in [0.717, 1.165) is 23.3 Å². The van der Waals surface area contributed by atoms with E-state index in [9.17, 15) is 0 Å². The Balaban J connectivity index is 2.79. The van der Waals surface area contributed by atoms with E-state index in [2.05, 4.69) is 33.9 Å². The van der Waals surface area contributed by atoms with Gasteiger partial charge in [0.15, 0.2) is 8.32 Å². The molecule has 0 aromatic heterocycles. The molecule has 1 saturated carbocycles. The second kappa shape index (κ2) is 5.01. The van der Waals surface area contributed by atoms with Gasteiger partial charge >= 0.3 is 0 Å². The lowest BCUT2D eigenvalue weighted by atomic mass is 9.77. The summed E-state index contributed by atoms with van der Waals surface area (Å²) in [6, 6.07) is 0. The van der Waals surface area contributed by atoms with Gasteiger partial charge in [-0.3, -0.25) is 0 Å². The van der Waals surface area contributed by atoms with Crippen LogP contribution in [-0.4, -0.2) is 15.4 Å². The van der Waals surface area contributed by atoms with Crippen molar-refractivity contribution < 1.29 is 4.43 Å². The zero-order chi connectivity index (χ0) is 11.6. The van der Waals surface area contributed by atoms with Gasteiger partial charge in [-0.2, -0.15) is 0 Å². The quantitative estimate of drug-likeness (QED) is 0.654. The van der Waals surface area contributed by atoms with Gasteiger partial charge in [-0.05, 0) is 49.2 Å². The first-order valence-corrected chi connectivity index (χ1v) is 9.42. The Kier molecular flexibility index (Phi) is 4.42. The summed E-state index contributed by atoms with van der Waals surface area (Å²) in [5.74, 6) is 2.64. The highest BCUT2D eigenvalue weighted by atomic mass is 28.4. The van der Waals surface area contributed by atoms with Gasteiger partial charge in [0, 0.05) is 7.11 Å². The summed E-state index contributed by atoms with van der Waals surface area (Å²) in [5, 5.41) is 0. The lowest BCUT2D eigenvalue weighted by molar-refractivity contribution is 0.210. The lowest BCUT2D eigenvalue weighted by Crippen LogP contribution is -2.43. The molecule has 0 bridgehead atoms. The molecule has 0 aliphatic heterocycles. The van der Waals surface area contributed by atoms with Crippen LogP contribution in [0.5, 0.6) is 0 Å². The van der Waals surface area contributed by atoms with Crippen LogP contribution >= 0.6 is 0 Å². The van der Waals surface area contributed by atoms with Crippen LogP contribution in [-0.2, 0) is 4.43 Å². The SMILES string of the molecule is CO[Si](C)(C)[C@@H]1C[C@H](C)CC[C@H]1C(C)C. The summed E-state index contributed by atoms with van der Waals surface area (Å²) in [6.07, 6.45) is 4.24. The summed E-state index contributed by atoms with van der Waals surface area (Å²) < 4.78 is 5.84. The Morgan fingerprint density at radius 2 is 1.80 bits per heavy atom. The van der Waals surface area contributed by atoms with Crippen molar-refractivity contribution in [1.82, 2.24) is 0 Å². The van der Waals surface area contributed by atoms with E-state index in [1.165, 1.54) is 19.3 Å². The number of hydrogen-bond acceptors (Lipinski definition) is 1. The van der Waals surface area contributed by atoms with E-state index in [1.54, 1.807) is 0 Å². The van der Waals surface area contributed by atoms with Crippen LogP contribution in [0.15, 0.2) is 0 Å². The van der Waals surface area contributed by atoms with Gasteiger partial charge in [0.1, 0.15) is 0 Å². The molecule has 90 valence electrons. The Bertz CT molecular complexity index is 201. The summed E-state index contributed by atoms with van der Waals surface area (Å²) in [4.78, 5) is 0. The molecule has 0 aromatic rings. The smallest absolute Gasteiger partial charge is 0.189 e. The first kappa shape index (κ1) is 13.2. The van der Waals surface area contributed by atoms with Gasteiger partial charge in [0.25, 0.3) is 0 Å². The third-order valence-corrected chi connectivity index (χ3v) is 7.94. The molecule has 2 heteroatoms. The van der Waals surface area contributed by atoms with Crippen molar-refractivity contribution in [3.05, 3.63) is 0 Å². The van der Waals surface area contributed by atoms with Crippen LogP contribution in [0.4, 0.5) is 0 Å². The van der Waals surface area contributed by atoms with Crippen LogP contribution in [0, 0.1) is 17.8 Å². The van der Waals surface area contributed by atoms with E-state index in [0.29, 0.717) is 0 Å². The first-order chi connectivity index (χ1) is 6.88. The molecule has 15 heavy (non-hydrogen) atoms. The summed E-state index contributed by atoms with van der Waals surface area (Å²) >= 11 is 0. The maximum absolute atomic E-state index is 5.84. The van der Waals surface area contributed by atoms with Crippen molar-refractivity contribution in [2.24, 2.45) is 17.8 Å². The molecular formula is C13H28OSi. The average Bonchev–Trinajstić information content (AvgIpc) is 2.17. The summed E-state index contributed by atoms with van der Waals surface area (Å²) in [5.41, 5.74) is 0.867. The molecular weight excluding hydrogens is 200 g/mol. The zero-order valence-electron chi connectivity index (χ0n) is 11.3. The van der Waals surface area contributed by atoms with E-state index < -0.39 is 8.32 Å². The topological polar surface area (TPSA) is 9.23 Å². The van der Waals surface area contributed by atoms with Crippen LogP contribution in [0.2, 0.25) is 18.6 Å². The first-order valence-electron chi connectivity index (χ1n) is 6.43. The van der Waals surface area contributed by atoms with Crippen molar-refractivity contribution in [3.63, 3.8) is 0 Å². The molecule has 0 saturated heterocycles. The van der Waals surface area contributed by atoms with E-state index in [4.69, 9.17) is 4.43 Å². The van der Waals surface area contributed by atoms with E-state index in [-0.39, 0.29) is 0 Å². The van der Waals surface area contributed by atoms with Gasteiger partial charge in [-0.1, -0.05) is 27.2 Å². The largest absolute Gasteiger partial charge is 0.420 e. The Morgan fingerprint density at radius 1 is 1.20 bits per heavy atom. The second-order valence-electron chi connectivity index (χ2n) is 6.24. The fourth-order valence-electron chi connectivity index (χ4n) is 3.15. The van der Waals surface area contributed by atoms with E-state index in [1.807, 2.05) is 7.11 Å². The monoisotopic (exact) mass is 228 g/mol. The maximum Gasteiger partial charge on any atom is 0.189 e. The minimum Gasteiger partial charge on any atom is -0.420 e. The maximum atomic E-state index is 5.84. The third-order valence-electron chi connectivity index (χ3n) is 4.44. The van der Waals surface area contributed by atoms with Crippen molar-refractivity contribution in [3.8, 4) is 0 Å². The molecule has 0 spiro atoms. The van der Waals surface area contributed by atoms with Gasteiger partial charge < -0.3 is 4.43 Å². The van der Waals surface area contributed by atoms with Crippen LogP contribution in [0.25, 0.3) is 0 Å². The minimum atomic E-state index is -1.44. The van der Waals surface area contributed by atoms with Crippen LogP contribution < -0.4 is 0 Å². The minimum absolute atomic E-state index is 0.824. The molecule has 0 N–H and O–H groups in total. The molecule has 0 amide bonds. The van der Waals surface area contributed by atoms with Crippen molar-refractivity contribution >= 4 is 8.32 Å². The lowest BCUT2D eigenvalue weighted by Gasteiger charge is -2.44. The standard InChI is InChI=1S/C13H28OSi/c1-10(2)12-8-7-11(3)9-13(12)15(5,6)14-4/h10-13H,7-9H2,1-6H3/t11-,12+,13-/m1/s1. The van der Waals surface area contributed by atoms with Gasteiger partial charge in [-0.25, -0.2) is 0 Å². The van der Waals surface area contributed by atoms with E-state index >= 15 is 0 Å². The molecule has 0 unspecified atom stereocenters. The predicted molar refractivity (Wildman–Crippen MR) is 69.6 cm³/mol. The molecule has 0 radical (unpaired) electrons. The van der Waals surface area contributed by atoms with Gasteiger partial charge in [0.2, 0.25) is 0 Å². The zero-order valence-corrected chi connectivity index (χ0v) is 12.3. The van der Waals surface area contributed by atoms with Crippen molar-refractivity contribution in [2.75, 3.05) is 7.11 Å². The molecule has 1 aliphatic rings. The number of rotatable bonds is 3. The van der Waals surface area contributed by atoms with Crippen molar-refractivity contribution in [1.29, 1.82) is 0 Å². The highest BCUT2D eigenvalue weighted by Gasteiger charge is 2.42. The molecule has 0 aromatic carbocycles. The fraction of sp³-hybridized carbons (Fsp3) is 1.00. The highest BCUT2D eigenvalue weighted by Crippen LogP contribution is 2.47. The molecule has 1 rings (SSSR count). The molecule has 1 fully saturated rings. The number of hydrogen-bond donors (Lipinski definition) is 0. The summed E-state index contributed by atoms with van der Waals surface area (Å²) in [7, 11) is 0.475. The molecule has 3 atom stereocenters. The highest BCUT2D eigenvalue weighted by molar-refractivity contribution is 6.72. The Labute approximate surface area is 96.7 Å². The Hall–Kier alpha value is 0.177. The molecule has 1 aliphatic carbocycles. The third kappa shape index (κ3) is 3.07. The molecule has 0 heterocycles. The predicted octanol–water partition coefficient (Wildman–Crippen LogP) is 4.30. The second-order valence-corrected chi connectivity index (χ2v) is 10.6. The Morgan fingerprint density at radius 3 is 2.27 bits per heavy atom. The van der Waals surface area contributed by atoms with Crippen LogP contribution in [0.1, 0.15) is 40.0 Å². The average molecular weight is 228 g/mol. The van der Waals surface area contributed by atoms with Crippen molar-refractivity contribution in [2.45, 2.75) is 58.7 Å². The fourth-order valence-corrected chi connectivity index (χ4v) is 6.01. The summed E-state index contributed by atoms with van der Waals surface area (Å²) in [6.45, 7) is 12.0.